The zero-order valence-electron chi connectivity index (χ0n) is 9.70. The van der Waals surface area contributed by atoms with Crippen molar-refractivity contribution in [3.8, 4) is 0 Å². The van der Waals surface area contributed by atoms with Gasteiger partial charge in [0.1, 0.15) is 0 Å². The van der Waals surface area contributed by atoms with Crippen molar-refractivity contribution in [1.82, 2.24) is 0 Å². The van der Waals surface area contributed by atoms with Crippen molar-refractivity contribution >= 4 is 33.5 Å². The molecular weight excluding hydrogens is 286 g/mol. The molecule has 1 N–H and O–H groups in total. The van der Waals surface area contributed by atoms with Crippen LogP contribution in [-0.4, -0.2) is 23.3 Å². The molecule has 0 saturated carbocycles. The van der Waals surface area contributed by atoms with Crippen LogP contribution in [0.2, 0.25) is 0 Å². The van der Waals surface area contributed by atoms with Crippen molar-refractivity contribution < 1.29 is 14.3 Å². The number of hydrogen-bond donors (Lipinski definition) is 1. The maximum Gasteiger partial charge on any atom is 0.338 e. The van der Waals surface area contributed by atoms with E-state index in [-0.39, 0.29) is 23.3 Å². The summed E-state index contributed by atoms with van der Waals surface area (Å²) in [7, 11) is 0. The summed E-state index contributed by atoms with van der Waals surface area (Å²) in [6, 6.07) is 6.57. The van der Waals surface area contributed by atoms with Gasteiger partial charge in [-0.15, -0.1) is 0 Å². The molecule has 0 heterocycles. The minimum atomic E-state index is -0.363. The molecule has 5 heteroatoms. The number of carbonyl (C=O) groups excluding carboxylic acids is 2. The lowest BCUT2D eigenvalue weighted by Crippen LogP contribution is -2.13. The Balaban J connectivity index is 2.67. The highest BCUT2D eigenvalue weighted by Gasteiger charge is 2.09. The molecular formula is C12H14BrNO3. The molecule has 1 aromatic carbocycles. The van der Waals surface area contributed by atoms with Crippen molar-refractivity contribution in [3.05, 3.63) is 29.8 Å². The van der Waals surface area contributed by atoms with Crippen LogP contribution in [0.4, 0.5) is 5.69 Å². The summed E-state index contributed by atoms with van der Waals surface area (Å²) >= 11 is 3.05. The third-order valence-electron chi connectivity index (χ3n) is 1.87. The number of anilines is 1. The van der Waals surface area contributed by atoms with Gasteiger partial charge < -0.3 is 10.1 Å². The molecule has 0 unspecified atom stereocenters. The van der Waals surface area contributed by atoms with Crippen molar-refractivity contribution in [2.24, 2.45) is 0 Å². The number of amides is 1. The maximum absolute atomic E-state index is 11.5. The number of rotatable bonds is 4. The number of ether oxygens (including phenoxy) is 1. The van der Waals surface area contributed by atoms with E-state index in [0.29, 0.717) is 11.3 Å². The van der Waals surface area contributed by atoms with Crippen LogP contribution >= 0.6 is 15.9 Å². The van der Waals surface area contributed by atoms with Gasteiger partial charge in [0.25, 0.3) is 0 Å². The summed E-state index contributed by atoms with van der Waals surface area (Å²) in [5, 5.41) is 2.90. The average molecular weight is 300 g/mol. The second-order valence-electron chi connectivity index (χ2n) is 3.71. The summed E-state index contributed by atoms with van der Waals surface area (Å²) in [5.74, 6) is -0.499. The summed E-state index contributed by atoms with van der Waals surface area (Å²) in [6.45, 7) is 3.59. The van der Waals surface area contributed by atoms with Gasteiger partial charge in [-0.05, 0) is 38.1 Å². The van der Waals surface area contributed by atoms with E-state index in [2.05, 4.69) is 21.2 Å². The minimum Gasteiger partial charge on any atom is -0.459 e. The van der Waals surface area contributed by atoms with Gasteiger partial charge in [0.05, 0.1) is 17.0 Å². The van der Waals surface area contributed by atoms with Crippen LogP contribution in [0.3, 0.4) is 0 Å². The third kappa shape index (κ3) is 4.56. The second kappa shape index (κ2) is 6.39. The highest BCUT2D eigenvalue weighted by atomic mass is 79.9. The lowest BCUT2D eigenvalue weighted by molar-refractivity contribution is -0.113. The quantitative estimate of drug-likeness (QED) is 0.687. The fourth-order valence-corrected chi connectivity index (χ4v) is 1.31. The second-order valence-corrected chi connectivity index (χ2v) is 4.27. The molecule has 92 valence electrons. The van der Waals surface area contributed by atoms with Gasteiger partial charge in [-0.2, -0.15) is 0 Å². The van der Waals surface area contributed by atoms with Gasteiger partial charge >= 0.3 is 5.97 Å². The van der Waals surface area contributed by atoms with E-state index in [0.717, 1.165) is 0 Å². The Morgan fingerprint density at radius 1 is 1.29 bits per heavy atom. The zero-order valence-corrected chi connectivity index (χ0v) is 11.3. The number of halogens is 1. The number of hydrogen-bond acceptors (Lipinski definition) is 3. The van der Waals surface area contributed by atoms with E-state index >= 15 is 0 Å². The molecule has 4 nitrogen and oxygen atoms in total. The Labute approximate surface area is 108 Å². The van der Waals surface area contributed by atoms with E-state index in [4.69, 9.17) is 4.74 Å². The first-order chi connectivity index (χ1) is 8.02. The number of esters is 1. The van der Waals surface area contributed by atoms with E-state index in [9.17, 15) is 9.59 Å². The van der Waals surface area contributed by atoms with Gasteiger partial charge in [0.2, 0.25) is 5.91 Å². The van der Waals surface area contributed by atoms with Gasteiger partial charge in [0, 0.05) is 5.69 Å². The Morgan fingerprint density at radius 3 is 2.35 bits per heavy atom. The van der Waals surface area contributed by atoms with Crippen molar-refractivity contribution in [1.29, 1.82) is 0 Å². The average Bonchev–Trinajstić information content (AvgIpc) is 2.28. The standard InChI is InChI=1S/C12H14BrNO3/c1-8(2)17-12(16)9-3-5-10(6-4-9)14-11(15)7-13/h3-6,8H,7H2,1-2H3,(H,14,15). The molecule has 0 spiro atoms. The smallest absolute Gasteiger partial charge is 0.338 e. The minimum absolute atomic E-state index is 0.137. The number of alkyl halides is 1. The SMILES string of the molecule is CC(C)OC(=O)c1ccc(NC(=O)CBr)cc1. The van der Waals surface area contributed by atoms with Gasteiger partial charge in [-0.25, -0.2) is 4.79 Å². The van der Waals surface area contributed by atoms with Crippen molar-refractivity contribution in [2.75, 3.05) is 10.6 Å². The Kier molecular flexibility index (Phi) is 5.15. The van der Waals surface area contributed by atoms with Gasteiger partial charge in [0.15, 0.2) is 0 Å². The molecule has 0 saturated heterocycles. The summed E-state index contributed by atoms with van der Waals surface area (Å²) in [6.07, 6.45) is -0.143. The normalized spacial score (nSPS) is 10.1. The summed E-state index contributed by atoms with van der Waals surface area (Å²) in [5.41, 5.74) is 1.12. The van der Waals surface area contributed by atoms with E-state index in [1.165, 1.54) is 0 Å². The Bertz CT molecular complexity index is 401. The lowest BCUT2D eigenvalue weighted by Gasteiger charge is -2.08. The molecule has 1 aromatic rings. The molecule has 17 heavy (non-hydrogen) atoms. The highest BCUT2D eigenvalue weighted by Crippen LogP contribution is 2.11. The molecule has 0 fully saturated rings. The number of benzene rings is 1. The first-order valence-corrected chi connectivity index (χ1v) is 6.32. The molecule has 0 aliphatic rings. The van der Waals surface area contributed by atoms with Crippen LogP contribution < -0.4 is 5.32 Å². The fraction of sp³-hybridized carbons (Fsp3) is 0.333. The Hall–Kier alpha value is -1.36. The van der Waals surface area contributed by atoms with Crippen molar-refractivity contribution in [3.63, 3.8) is 0 Å². The monoisotopic (exact) mass is 299 g/mol. The number of carbonyl (C=O) groups is 2. The molecule has 0 aromatic heterocycles. The topological polar surface area (TPSA) is 55.4 Å². The maximum atomic E-state index is 11.5. The predicted octanol–water partition coefficient (Wildman–Crippen LogP) is 2.59. The Morgan fingerprint density at radius 2 is 1.88 bits per heavy atom. The van der Waals surface area contributed by atoms with E-state index < -0.39 is 0 Å². The van der Waals surface area contributed by atoms with Gasteiger partial charge in [-0.3, -0.25) is 4.79 Å². The van der Waals surface area contributed by atoms with Gasteiger partial charge in [-0.1, -0.05) is 15.9 Å². The van der Waals surface area contributed by atoms with Crippen LogP contribution in [0.15, 0.2) is 24.3 Å². The first kappa shape index (κ1) is 13.7. The van der Waals surface area contributed by atoms with E-state index in [1.54, 1.807) is 38.1 Å². The molecule has 0 atom stereocenters. The third-order valence-corrected chi connectivity index (χ3v) is 2.38. The van der Waals surface area contributed by atoms with Crippen LogP contribution in [0.25, 0.3) is 0 Å². The molecule has 0 bridgehead atoms. The molecule has 0 aliphatic carbocycles. The van der Waals surface area contributed by atoms with Crippen LogP contribution in [-0.2, 0) is 9.53 Å². The van der Waals surface area contributed by atoms with Crippen molar-refractivity contribution in [2.45, 2.75) is 20.0 Å². The zero-order chi connectivity index (χ0) is 12.8. The molecule has 0 aliphatic heterocycles. The summed E-state index contributed by atoms with van der Waals surface area (Å²) in [4.78, 5) is 22.6. The summed E-state index contributed by atoms with van der Waals surface area (Å²) < 4.78 is 5.04. The molecule has 0 radical (unpaired) electrons. The fourth-order valence-electron chi connectivity index (χ4n) is 1.17. The first-order valence-electron chi connectivity index (χ1n) is 5.19. The highest BCUT2D eigenvalue weighted by molar-refractivity contribution is 9.09. The number of nitrogens with one attached hydrogen (secondary N) is 1. The predicted molar refractivity (Wildman–Crippen MR) is 69.4 cm³/mol. The van der Waals surface area contributed by atoms with Crippen LogP contribution in [0.1, 0.15) is 24.2 Å². The van der Waals surface area contributed by atoms with Crippen LogP contribution in [0, 0.1) is 0 Å². The van der Waals surface area contributed by atoms with Crippen LogP contribution in [0.5, 0.6) is 0 Å². The lowest BCUT2D eigenvalue weighted by atomic mass is 10.2. The molecule has 1 amide bonds. The van der Waals surface area contributed by atoms with E-state index in [1.807, 2.05) is 0 Å². The molecule has 1 rings (SSSR count). The largest absolute Gasteiger partial charge is 0.459 e.